The van der Waals surface area contributed by atoms with E-state index < -0.39 is 23.5 Å². The topological polar surface area (TPSA) is 29.1 Å². The molecule has 1 aliphatic rings. The summed E-state index contributed by atoms with van der Waals surface area (Å²) in [6.07, 6.45) is 5.26. The Kier molecular flexibility index (Phi) is 10.4. The van der Waals surface area contributed by atoms with Crippen LogP contribution in [0.3, 0.4) is 0 Å². The van der Waals surface area contributed by atoms with E-state index in [9.17, 15) is 18.0 Å². The van der Waals surface area contributed by atoms with Crippen molar-refractivity contribution in [3.05, 3.63) is 70.6 Å². The second-order valence-corrected chi connectivity index (χ2v) is 10.2. The quantitative estimate of drug-likeness (QED) is 0.245. The number of nitrogens with one attached hydrogen (secondary N) is 1. The zero-order valence-corrected chi connectivity index (χ0v) is 21.1. The van der Waals surface area contributed by atoms with Gasteiger partial charge in [-0.3, -0.25) is 4.79 Å². The lowest BCUT2D eigenvalue weighted by molar-refractivity contribution is -0.112. The van der Waals surface area contributed by atoms with Gasteiger partial charge in [0.15, 0.2) is 17.4 Å². The van der Waals surface area contributed by atoms with Crippen molar-refractivity contribution in [1.29, 1.82) is 0 Å². The molecule has 2 rings (SSSR count). The SMILES string of the molecule is C=C(NC1C=C(F)C(F)=C(F)C1)c1ccc(Cl)c(SC(C/C(C)=C\C(C)=O)C(C)CCC)c1. The summed E-state index contributed by atoms with van der Waals surface area (Å²) < 4.78 is 40.5. The fraction of sp³-hybridized carbons (Fsp3) is 0.423. The molecule has 0 spiro atoms. The van der Waals surface area contributed by atoms with Gasteiger partial charge in [0.1, 0.15) is 5.83 Å². The Morgan fingerprint density at radius 2 is 2.03 bits per heavy atom. The van der Waals surface area contributed by atoms with Crippen molar-refractivity contribution in [2.45, 2.75) is 69.6 Å². The van der Waals surface area contributed by atoms with Crippen LogP contribution >= 0.6 is 23.4 Å². The molecule has 1 aromatic rings. The van der Waals surface area contributed by atoms with Gasteiger partial charge in [0.05, 0.1) is 11.1 Å². The number of benzene rings is 1. The zero-order valence-electron chi connectivity index (χ0n) is 19.5. The summed E-state index contributed by atoms with van der Waals surface area (Å²) in [5, 5.41) is 3.77. The maximum atomic E-state index is 13.6. The second kappa shape index (κ2) is 12.5. The molecule has 1 aliphatic carbocycles. The van der Waals surface area contributed by atoms with Gasteiger partial charge in [-0.05, 0) is 62.5 Å². The van der Waals surface area contributed by atoms with Crippen LogP contribution in [-0.4, -0.2) is 17.1 Å². The molecule has 0 aromatic heterocycles. The van der Waals surface area contributed by atoms with E-state index in [4.69, 9.17) is 11.6 Å². The molecule has 0 bridgehead atoms. The van der Waals surface area contributed by atoms with E-state index >= 15 is 0 Å². The summed E-state index contributed by atoms with van der Waals surface area (Å²) in [5.41, 5.74) is 2.21. The first kappa shape index (κ1) is 27.3. The highest BCUT2D eigenvalue weighted by atomic mass is 35.5. The van der Waals surface area contributed by atoms with Crippen LogP contribution in [0, 0.1) is 5.92 Å². The number of thioether (sulfide) groups is 1. The third-order valence-corrected chi connectivity index (χ3v) is 7.43. The number of rotatable bonds is 11. The van der Waals surface area contributed by atoms with Gasteiger partial charge in [0, 0.05) is 22.3 Å². The summed E-state index contributed by atoms with van der Waals surface area (Å²) in [6, 6.07) is 4.71. The molecule has 0 saturated heterocycles. The number of allylic oxidation sites excluding steroid dienone is 4. The highest BCUT2D eigenvalue weighted by Gasteiger charge is 2.24. The predicted octanol–water partition coefficient (Wildman–Crippen LogP) is 8.50. The zero-order chi connectivity index (χ0) is 24.7. The summed E-state index contributed by atoms with van der Waals surface area (Å²) in [7, 11) is 0. The number of hydrogen-bond donors (Lipinski definition) is 1. The molecule has 1 aromatic carbocycles. The second-order valence-electron chi connectivity index (χ2n) is 8.54. The first-order valence-electron chi connectivity index (χ1n) is 11.0. The molecule has 3 atom stereocenters. The van der Waals surface area contributed by atoms with Crippen molar-refractivity contribution in [2.75, 3.05) is 0 Å². The Labute approximate surface area is 204 Å². The van der Waals surface area contributed by atoms with Crippen LogP contribution in [0.15, 0.2) is 64.9 Å². The Morgan fingerprint density at radius 1 is 1.33 bits per heavy atom. The first-order valence-corrected chi connectivity index (χ1v) is 12.3. The maximum absolute atomic E-state index is 13.6. The monoisotopic (exact) mass is 497 g/mol. The van der Waals surface area contributed by atoms with Gasteiger partial charge < -0.3 is 5.32 Å². The van der Waals surface area contributed by atoms with Gasteiger partial charge in [0.25, 0.3) is 0 Å². The van der Waals surface area contributed by atoms with Gasteiger partial charge in [-0.1, -0.05) is 50.1 Å². The Hall–Kier alpha value is -1.92. The minimum absolute atomic E-state index is 0.0289. The minimum Gasteiger partial charge on any atom is -0.378 e. The normalized spacial score (nSPS) is 18.6. The number of carbonyl (C=O) groups excluding carboxylic acids is 1. The molecule has 1 N–H and O–H groups in total. The molecule has 0 saturated carbocycles. The molecule has 0 fully saturated rings. The summed E-state index contributed by atoms with van der Waals surface area (Å²) in [6.45, 7) is 11.8. The van der Waals surface area contributed by atoms with E-state index in [-0.39, 0.29) is 17.5 Å². The largest absolute Gasteiger partial charge is 0.378 e. The van der Waals surface area contributed by atoms with Crippen molar-refractivity contribution in [1.82, 2.24) is 5.32 Å². The number of carbonyl (C=O) groups is 1. The van der Waals surface area contributed by atoms with E-state index in [1.54, 1.807) is 36.9 Å². The summed E-state index contributed by atoms with van der Waals surface area (Å²) >= 11 is 8.15. The Bertz CT molecular complexity index is 986. The molecule has 0 heterocycles. The van der Waals surface area contributed by atoms with Crippen LogP contribution in [0.5, 0.6) is 0 Å². The van der Waals surface area contributed by atoms with Gasteiger partial charge in [-0.15, -0.1) is 11.8 Å². The van der Waals surface area contributed by atoms with E-state index in [0.29, 0.717) is 16.6 Å². The van der Waals surface area contributed by atoms with Gasteiger partial charge in [0.2, 0.25) is 0 Å². The lowest BCUT2D eigenvalue weighted by atomic mass is 9.96. The average molecular weight is 498 g/mol. The van der Waals surface area contributed by atoms with Crippen LogP contribution in [0.4, 0.5) is 13.2 Å². The van der Waals surface area contributed by atoms with E-state index in [2.05, 4.69) is 25.7 Å². The number of ketones is 1. The predicted molar refractivity (Wildman–Crippen MR) is 133 cm³/mol. The first-order chi connectivity index (χ1) is 15.5. The lowest BCUT2D eigenvalue weighted by Crippen LogP contribution is -2.27. The lowest BCUT2D eigenvalue weighted by Gasteiger charge is -2.25. The van der Waals surface area contributed by atoms with E-state index in [1.165, 1.54) is 0 Å². The van der Waals surface area contributed by atoms with Crippen LogP contribution in [0.1, 0.15) is 58.9 Å². The van der Waals surface area contributed by atoms with Gasteiger partial charge >= 0.3 is 0 Å². The standard InChI is InChI=1S/C26H31ClF3NOS/c1-6-7-16(3)24(11-15(2)10-17(4)32)33-25-12-19(8-9-21(25)27)18(5)31-20-13-22(28)26(30)23(29)14-20/h8-10,12-13,16,20,24,31H,5-7,11,14H2,1-4H3/b15-10-. The van der Waals surface area contributed by atoms with Crippen LogP contribution < -0.4 is 5.32 Å². The molecule has 180 valence electrons. The van der Waals surface area contributed by atoms with Crippen LogP contribution in [-0.2, 0) is 4.79 Å². The smallest absolute Gasteiger partial charge is 0.189 e. The molecular formula is C26H31ClF3NOS. The highest BCUT2D eigenvalue weighted by molar-refractivity contribution is 8.00. The average Bonchev–Trinajstić information content (AvgIpc) is 2.72. The Balaban J connectivity index is 2.21. The molecule has 7 heteroatoms. The highest BCUT2D eigenvalue weighted by Crippen LogP contribution is 2.39. The van der Waals surface area contributed by atoms with Crippen molar-refractivity contribution in [2.24, 2.45) is 5.92 Å². The maximum Gasteiger partial charge on any atom is 0.189 e. The summed E-state index contributed by atoms with van der Waals surface area (Å²) in [5.74, 6) is -3.34. The fourth-order valence-electron chi connectivity index (χ4n) is 3.79. The summed E-state index contributed by atoms with van der Waals surface area (Å²) in [4.78, 5) is 12.4. The third-order valence-electron chi connectivity index (χ3n) is 5.46. The van der Waals surface area contributed by atoms with Crippen LogP contribution in [0.2, 0.25) is 5.02 Å². The molecule has 33 heavy (non-hydrogen) atoms. The molecule has 0 aliphatic heterocycles. The Morgan fingerprint density at radius 3 is 2.64 bits per heavy atom. The van der Waals surface area contributed by atoms with Crippen molar-refractivity contribution in [3.63, 3.8) is 0 Å². The van der Waals surface area contributed by atoms with Crippen molar-refractivity contribution < 1.29 is 18.0 Å². The number of hydrogen-bond acceptors (Lipinski definition) is 3. The van der Waals surface area contributed by atoms with E-state index in [0.717, 1.165) is 41.4 Å². The van der Waals surface area contributed by atoms with Crippen molar-refractivity contribution >= 4 is 34.8 Å². The third kappa shape index (κ3) is 8.11. The molecule has 0 amide bonds. The molecular weight excluding hydrogens is 467 g/mol. The van der Waals surface area contributed by atoms with Crippen LogP contribution in [0.25, 0.3) is 5.70 Å². The van der Waals surface area contributed by atoms with Crippen molar-refractivity contribution in [3.8, 4) is 0 Å². The minimum atomic E-state index is -1.44. The van der Waals surface area contributed by atoms with E-state index in [1.807, 2.05) is 13.0 Å². The number of halogens is 4. The molecule has 0 radical (unpaired) electrons. The molecule has 3 unspecified atom stereocenters. The van der Waals surface area contributed by atoms with Gasteiger partial charge in [-0.25, -0.2) is 13.2 Å². The molecule has 2 nitrogen and oxygen atoms in total. The van der Waals surface area contributed by atoms with Gasteiger partial charge in [-0.2, -0.15) is 0 Å². The fourth-order valence-corrected chi connectivity index (χ4v) is 5.46.